The number of benzene rings is 1. The largest absolute Gasteiger partial charge is 0.466 e. The summed E-state index contributed by atoms with van der Waals surface area (Å²) in [5.41, 5.74) is 1.56. The number of methoxy groups -OCH3 is 1. The molecule has 1 aromatic carbocycles. The first-order valence-electron chi connectivity index (χ1n) is 5.58. The molecule has 22 heavy (non-hydrogen) atoms. The number of nitro groups is 1. The van der Waals surface area contributed by atoms with Gasteiger partial charge in [0, 0.05) is 24.3 Å². The summed E-state index contributed by atoms with van der Waals surface area (Å²) in [5, 5.41) is 10.5. The van der Waals surface area contributed by atoms with Crippen molar-refractivity contribution in [2.24, 2.45) is 0 Å². The van der Waals surface area contributed by atoms with Gasteiger partial charge in [-0.3, -0.25) is 20.3 Å². The highest BCUT2D eigenvalue weighted by Gasteiger charge is 2.16. The SMILES string of the molecule is COC(=O)/C=C/C(=O)NNS(=O)(=O)c1ccc([N+](=O)[O-])cc1. The Morgan fingerprint density at radius 2 is 1.82 bits per heavy atom. The summed E-state index contributed by atoms with van der Waals surface area (Å²) < 4.78 is 27.8. The van der Waals surface area contributed by atoms with Crippen LogP contribution in [0.15, 0.2) is 41.3 Å². The molecule has 0 saturated carbocycles. The summed E-state index contributed by atoms with van der Waals surface area (Å²) in [6.45, 7) is 0. The van der Waals surface area contributed by atoms with Crippen LogP contribution in [0.5, 0.6) is 0 Å². The van der Waals surface area contributed by atoms with Crippen molar-refractivity contribution >= 4 is 27.6 Å². The van der Waals surface area contributed by atoms with Gasteiger partial charge in [0.2, 0.25) is 0 Å². The maximum Gasteiger partial charge on any atom is 0.330 e. The molecule has 11 heteroatoms. The molecule has 0 aliphatic rings. The lowest BCUT2D eigenvalue weighted by Gasteiger charge is -2.06. The van der Waals surface area contributed by atoms with Gasteiger partial charge in [0.15, 0.2) is 0 Å². The zero-order valence-corrected chi connectivity index (χ0v) is 12.0. The molecule has 0 fully saturated rings. The van der Waals surface area contributed by atoms with Crippen LogP contribution >= 0.6 is 0 Å². The number of amides is 1. The monoisotopic (exact) mass is 329 g/mol. The number of sulfonamides is 1. The number of carbonyl (C=O) groups excluding carboxylic acids is 2. The van der Waals surface area contributed by atoms with Crippen molar-refractivity contribution in [2.45, 2.75) is 4.90 Å². The van der Waals surface area contributed by atoms with E-state index in [4.69, 9.17) is 0 Å². The predicted octanol–water partition coefficient (Wildman–Crippen LogP) is -0.366. The number of hydrogen-bond acceptors (Lipinski definition) is 7. The normalized spacial score (nSPS) is 11.1. The average molecular weight is 329 g/mol. The Bertz CT molecular complexity index is 710. The van der Waals surface area contributed by atoms with Crippen LogP contribution in [-0.4, -0.2) is 32.3 Å². The fourth-order valence-corrected chi connectivity index (χ4v) is 2.02. The van der Waals surface area contributed by atoms with E-state index in [1.54, 1.807) is 4.83 Å². The average Bonchev–Trinajstić information content (AvgIpc) is 2.50. The van der Waals surface area contributed by atoms with Gasteiger partial charge in [0.05, 0.1) is 16.9 Å². The van der Waals surface area contributed by atoms with Crippen molar-refractivity contribution in [3.63, 3.8) is 0 Å². The summed E-state index contributed by atoms with van der Waals surface area (Å²) in [5.74, 6) is -1.69. The number of non-ortho nitro benzene ring substituents is 1. The van der Waals surface area contributed by atoms with Gasteiger partial charge in [-0.2, -0.15) is 0 Å². The standard InChI is InChI=1S/C11H11N3O7S/c1-21-11(16)7-6-10(15)12-13-22(19,20)9-4-2-8(3-5-9)14(17)18/h2-7,13H,1H3,(H,12,15)/b7-6+. The first-order valence-corrected chi connectivity index (χ1v) is 7.07. The topological polar surface area (TPSA) is 145 Å². The van der Waals surface area contributed by atoms with Crippen molar-refractivity contribution < 1.29 is 27.7 Å². The fourth-order valence-electron chi connectivity index (χ4n) is 1.18. The van der Waals surface area contributed by atoms with Crippen molar-refractivity contribution in [3.8, 4) is 0 Å². The quantitative estimate of drug-likeness (QED) is 0.313. The molecule has 0 saturated heterocycles. The summed E-state index contributed by atoms with van der Waals surface area (Å²) >= 11 is 0. The van der Waals surface area contributed by atoms with E-state index in [-0.39, 0.29) is 10.6 Å². The second-order valence-electron chi connectivity index (χ2n) is 3.70. The summed E-state index contributed by atoms with van der Waals surface area (Å²) in [7, 11) is -2.98. The van der Waals surface area contributed by atoms with Crippen LogP contribution in [0.25, 0.3) is 0 Å². The molecule has 0 aromatic heterocycles. The molecular formula is C11H11N3O7S. The van der Waals surface area contributed by atoms with E-state index in [2.05, 4.69) is 4.74 Å². The van der Waals surface area contributed by atoms with E-state index >= 15 is 0 Å². The molecule has 0 atom stereocenters. The van der Waals surface area contributed by atoms with Crippen molar-refractivity contribution in [1.29, 1.82) is 0 Å². The molecule has 118 valence electrons. The Balaban J connectivity index is 2.71. The molecular weight excluding hydrogens is 318 g/mol. The Hall–Kier alpha value is -2.79. The molecule has 0 bridgehead atoms. The van der Waals surface area contributed by atoms with Gasteiger partial charge in [-0.15, -0.1) is 4.83 Å². The fraction of sp³-hybridized carbons (Fsp3) is 0.0909. The number of ether oxygens (including phenoxy) is 1. The number of nitrogens with one attached hydrogen (secondary N) is 2. The van der Waals surface area contributed by atoms with Crippen LogP contribution in [0, 0.1) is 10.1 Å². The third-order valence-electron chi connectivity index (χ3n) is 2.24. The number of carbonyl (C=O) groups is 2. The van der Waals surface area contributed by atoms with Crippen LogP contribution < -0.4 is 10.3 Å². The lowest BCUT2D eigenvalue weighted by Crippen LogP contribution is -2.40. The number of nitro benzene ring substituents is 1. The molecule has 0 unspecified atom stereocenters. The minimum atomic E-state index is -4.10. The lowest BCUT2D eigenvalue weighted by atomic mass is 10.3. The zero-order valence-electron chi connectivity index (χ0n) is 11.2. The number of nitrogens with zero attached hydrogens (tertiary/aromatic N) is 1. The third-order valence-corrected chi connectivity index (χ3v) is 3.50. The van der Waals surface area contributed by atoms with Gasteiger partial charge < -0.3 is 4.74 Å². The van der Waals surface area contributed by atoms with Gasteiger partial charge in [0.25, 0.3) is 21.6 Å². The van der Waals surface area contributed by atoms with Gasteiger partial charge in [-0.1, -0.05) is 0 Å². The Labute approximate surface area is 124 Å². The number of esters is 1. The molecule has 0 aliphatic heterocycles. The van der Waals surface area contributed by atoms with Crippen molar-refractivity contribution in [3.05, 3.63) is 46.5 Å². The maximum absolute atomic E-state index is 11.8. The van der Waals surface area contributed by atoms with Crippen molar-refractivity contribution in [1.82, 2.24) is 10.3 Å². The Kier molecular flexibility index (Phi) is 5.72. The van der Waals surface area contributed by atoms with Gasteiger partial charge >= 0.3 is 5.97 Å². The molecule has 1 rings (SSSR count). The Morgan fingerprint density at radius 1 is 1.23 bits per heavy atom. The number of hydrazine groups is 1. The van der Waals surface area contributed by atoms with E-state index in [1.165, 1.54) is 0 Å². The maximum atomic E-state index is 11.8. The van der Waals surface area contributed by atoms with E-state index in [9.17, 15) is 28.1 Å². The molecule has 0 spiro atoms. The number of rotatable bonds is 6. The van der Waals surface area contributed by atoms with E-state index in [1.807, 2.05) is 5.43 Å². The molecule has 1 aromatic rings. The predicted molar refractivity (Wildman–Crippen MR) is 72.7 cm³/mol. The van der Waals surface area contributed by atoms with Crippen LogP contribution in [-0.2, 0) is 24.3 Å². The van der Waals surface area contributed by atoms with E-state index < -0.39 is 26.8 Å². The smallest absolute Gasteiger partial charge is 0.330 e. The van der Waals surface area contributed by atoms with Crippen LogP contribution in [0.2, 0.25) is 0 Å². The second kappa shape index (κ2) is 7.28. The molecule has 1 amide bonds. The molecule has 0 heterocycles. The Morgan fingerprint density at radius 3 is 2.32 bits per heavy atom. The summed E-state index contributed by atoms with van der Waals surface area (Å²) in [6.07, 6.45) is 1.57. The van der Waals surface area contributed by atoms with Crippen molar-refractivity contribution in [2.75, 3.05) is 7.11 Å². The van der Waals surface area contributed by atoms with Gasteiger partial charge in [-0.25, -0.2) is 13.2 Å². The third kappa shape index (κ3) is 4.96. The van der Waals surface area contributed by atoms with Crippen LogP contribution in [0.1, 0.15) is 0 Å². The molecule has 0 aliphatic carbocycles. The first-order chi connectivity index (χ1) is 10.3. The summed E-state index contributed by atoms with van der Waals surface area (Å²) in [6, 6.07) is 4.04. The first kappa shape index (κ1) is 17.3. The van der Waals surface area contributed by atoms with E-state index in [0.717, 1.165) is 43.5 Å². The zero-order chi connectivity index (χ0) is 16.8. The molecule has 0 radical (unpaired) electrons. The van der Waals surface area contributed by atoms with Gasteiger partial charge in [-0.05, 0) is 12.1 Å². The lowest BCUT2D eigenvalue weighted by molar-refractivity contribution is -0.384. The highest BCUT2D eigenvalue weighted by Crippen LogP contribution is 2.15. The van der Waals surface area contributed by atoms with Crippen LogP contribution in [0.4, 0.5) is 5.69 Å². The minimum Gasteiger partial charge on any atom is -0.466 e. The minimum absolute atomic E-state index is 0.274. The highest BCUT2D eigenvalue weighted by molar-refractivity contribution is 7.89. The molecule has 10 nitrogen and oxygen atoms in total. The van der Waals surface area contributed by atoms with Crippen LogP contribution in [0.3, 0.4) is 0 Å². The highest BCUT2D eigenvalue weighted by atomic mass is 32.2. The number of hydrogen-bond donors (Lipinski definition) is 2. The summed E-state index contributed by atoms with van der Waals surface area (Å²) in [4.78, 5) is 33.3. The second-order valence-corrected chi connectivity index (χ2v) is 5.38. The van der Waals surface area contributed by atoms with Gasteiger partial charge in [0.1, 0.15) is 0 Å². The molecule has 2 N–H and O–H groups in total. The van der Waals surface area contributed by atoms with E-state index in [0.29, 0.717) is 0 Å².